The van der Waals surface area contributed by atoms with Crippen LogP contribution in [-0.4, -0.2) is 12.0 Å². The van der Waals surface area contributed by atoms with Crippen LogP contribution in [0.3, 0.4) is 0 Å². The molecule has 0 aliphatic heterocycles. The van der Waals surface area contributed by atoms with E-state index in [-0.39, 0.29) is 11.7 Å². The zero-order valence-corrected chi connectivity index (χ0v) is 6.50. The lowest BCUT2D eigenvalue weighted by atomic mass is 10.1. The van der Waals surface area contributed by atoms with E-state index < -0.39 is 0 Å². The fraction of sp³-hybridized carbons (Fsp3) is 0.500. The van der Waals surface area contributed by atoms with Crippen LogP contribution in [0.2, 0.25) is 0 Å². The van der Waals surface area contributed by atoms with Gasteiger partial charge in [-0.3, -0.25) is 9.79 Å². The first-order chi connectivity index (χ1) is 4.68. The molecule has 56 valence electrons. The number of ketones is 1. The van der Waals surface area contributed by atoms with Crippen LogP contribution in [0.25, 0.3) is 0 Å². The Labute approximate surface area is 61.7 Å². The Bertz CT molecular complexity index is 147. The van der Waals surface area contributed by atoms with E-state index >= 15 is 0 Å². The van der Waals surface area contributed by atoms with Gasteiger partial charge < -0.3 is 0 Å². The fourth-order valence-corrected chi connectivity index (χ4v) is 0.453. The highest BCUT2D eigenvalue weighted by atomic mass is 16.1. The summed E-state index contributed by atoms with van der Waals surface area (Å²) in [5, 5.41) is 0. The van der Waals surface area contributed by atoms with Gasteiger partial charge in [0.25, 0.3) is 0 Å². The molecule has 0 aliphatic rings. The Morgan fingerprint density at radius 3 is 2.70 bits per heavy atom. The summed E-state index contributed by atoms with van der Waals surface area (Å²) in [5.74, 6) is 0.321. The Morgan fingerprint density at radius 2 is 2.30 bits per heavy atom. The largest absolute Gasteiger partial charge is 0.299 e. The second-order valence-electron chi connectivity index (χ2n) is 2.34. The minimum Gasteiger partial charge on any atom is -0.299 e. The third kappa shape index (κ3) is 4.01. The Morgan fingerprint density at radius 1 is 1.70 bits per heavy atom. The number of aliphatic imine (C=N–C) groups is 1. The van der Waals surface area contributed by atoms with Gasteiger partial charge in [-0.15, -0.1) is 0 Å². The van der Waals surface area contributed by atoms with Crippen molar-refractivity contribution in [3.05, 3.63) is 12.8 Å². The second kappa shape index (κ2) is 4.91. The minimum atomic E-state index is 0.108. The van der Waals surface area contributed by atoms with Crippen molar-refractivity contribution in [1.29, 1.82) is 0 Å². The van der Waals surface area contributed by atoms with Crippen molar-refractivity contribution < 1.29 is 4.79 Å². The maximum absolute atomic E-state index is 10.9. The van der Waals surface area contributed by atoms with Crippen molar-refractivity contribution in [1.82, 2.24) is 0 Å². The molecule has 0 spiro atoms. The van der Waals surface area contributed by atoms with Crippen molar-refractivity contribution in [3.63, 3.8) is 0 Å². The predicted octanol–water partition coefficient (Wildman–Crippen LogP) is 1.82. The molecule has 0 amide bonds. The van der Waals surface area contributed by atoms with Gasteiger partial charge in [-0.1, -0.05) is 20.4 Å². The first kappa shape index (κ1) is 9.08. The van der Waals surface area contributed by atoms with Crippen LogP contribution in [0.5, 0.6) is 0 Å². The van der Waals surface area contributed by atoms with E-state index in [4.69, 9.17) is 0 Å². The second-order valence-corrected chi connectivity index (χ2v) is 2.34. The van der Waals surface area contributed by atoms with Crippen molar-refractivity contribution in [2.45, 2.75) is 20.3 Å². The summed E-state index contributed by atoms with van der Waals surface area (Å²) < 4.78 is 0. The van der Waals surface area contributed by atoms with Gasteiger partial charge in [-0.2, -0.15) is 0 Å². The van der Waals surface area contributed by atoms with Crippen LogP contribution in [0.4, 0.5) is 0 Å². The van der Waals surface area contributed by atoms with Crippen molar-refractivity contribution >= 4 is 12.0 Å². The summed E-state index contributed by atoms with van der Waals surface area (Å²) in [6.07, 6.45) is 3.42. The lowest BCUT2D eigenvalue weighted by Crippen LogP contribution is -2.06. The molecule has 0 saturated heterocycles. The topological polar surface area (TPSA) is 29.4 Å². The maximum Gasteiger partial charge on any atom is 0.140 e. The number of Topliss-reactive ketones (excluding diaryl/α,β-unsaturated/α-hetero) is 1. The zero-order valence-electron chi connectivity index (χ0n) is 6.50. The number of carbonyl (C=O) groups is 1. The van der Waals surface area contributed by atoms with Crippen LogP contribution in [0.1, 0.15) is 20.3 Å². The summed E-state index contributed by atoms with van der Waals surface area (Å²) in [4.78, 5) is 14.6. The first-order valence-corrected chi connectivity index (χ1v) is 3.33. The van der Waals surface area contributed by atoms with E-state index in [0.717, 1.165) is 0 Å². The molecule has 0 radical (unpaired) electrons. The molecule has 0 bridgehead atoms. The summed E-state index contributed by atoms with van der Waals surface area (Å²) in [5.41, 5.74) is 0. The van der Waals surface area contributed by atoms with E-state index in [9.17, 15) is 4.79 Å². The SMILES string of the molecule is C=CN=CCC(=O)C(C)C. The number of hydrogen-bond acceptors (Lipinski definition) is 2. The number of hydrogen-bond donors (Lipinski definition) is 0. The van der Waals surface area contributed by atoms with Gasteiger partial charge >= 0.3 is 0 Å². The van der Waals surface area contributed by atoms with Crippen molar-refractivity contribution in [3.8, 4) is 0 Å². The Balaban J connectivity index is 3.59. The highest BCUT2D eigenvalue weighted by molar-refractivity contribution is 5.92. The van der Waals surface area contributed by atoms with Crippen molar-refractivity contribution in [2.24, 2.45) is 10.9 Å². The molecule has 0 aromatic rings. The van der Waals surface area contributed by atoms with Gasteiger partial charge in [-0.25, -0.2) is 0 Å². The van der Waals surface area contributed by atoms with E-state index in [2.05, 4.69) is 11.6 Å². The van der Waals surface area contributed by atoms with Gasteiger partial charge in [0.1, 0.15) is 5.78 Å². The molecule has 0 heterocycles. The first-order valence-electron chi connectivity index (χ1n) is 3.33. The highest BCUT2D eigenvalue weighted by Crippen LogP contribution is 1.95. The van der Waals surface area contributed by atoms with Crippen LogP contribution in [0.15, 0.2) is 17.8 Å². The lowest BCUT2D eigenvalue weighted by Gasteiger charge is -1.97. The monoisotopic (exact) mass is 139 g/mol. The van der Waals surface area contributed by atoms with E-state index in [0.29, 0.717) is 6.42 Å². The average molecular weight is 139 g/mol. The quantitative estimate of drug-likeness (QED) is 0.546. The molecule has 2 heteroatoms. The number of nitrogens with zero attached hydrogens (tertiary/aromatic N) is 1. The van der Waals surface area contributed by atoms with E-state index in [1.54, 1.807) is 6.21 Å². The molecule has 0 aliphatic carbocycles. The number of carbonyl (C=O) groups excluding carboxylic acids is 1. The van der Waals surface area contributed by atoms with Gasteiger partial charge in [0, 0.05) is 24.8 Å². The summed E-state index contributed by atoms with van der Waals surface area (Å²) in [6, 6.07) is 0. The fourth-order valence-electron chi connectivity index (χ4n) is 0.453. The third-order valence-electron chi connectivity index (χ3n) is 1.15. The Kier molecular flexibility index (Phi) is 4.46. The van der Waals surface area contributed by atoms with Crippen molar-refractivity contribution in [2.75, 3.05) is 0 Å². The minimum absolute atomic E-state index is 0.108. The third-order valence-corrected chi connectivity index (χ3v) is 1.15. The van der Waals surface area contributed by atoms with Gasteiger partial charge in [0.2, 0.25) is 0 Å². The van der Waals surface area contributed by atoms with Crippen LogP contribution in [0, 0.1) is 5.92 Å². The molecule has 2 nitrogen and oxygen atoms in total. The van der Waals surface area contributed by atoms with E-state index in [1.165, 1.54) is 6.20 Å². The molecule has 0 aromatic heterocycles. The van der Waals surface area contributed by atoms with Crippen LogP contribution >= 0.6 is 0 Å². The van der Waals surface area contributed by atoms with Gasteiger partial charge in [0.05, 0.1) is 0 Å². The summed E-state index contributed by atoms with van der Waals surface area (Å²) >= 11 is 0. The molecule has 0 aromatic carbocycles. The molecule has 10 heavy (non-hydrogen) atoms. The number of rotatable bonds is 4. The molecule has 0 atom stereocenters. The van der Waals surface area contributed by atoms with Gasteiger partial charge in [0.15, 0.2) is 0 Å². The summed E-state index contributed by atoms with van der Waals surface area (Å²) in [6.45, 7) is 7.15. The Hall–Kier alpha value is -0.920. The molecular weight excluding hydrogens is 126 g/mol. The van der Waals surface area contributed by atoms with Crippen LogP contribution in [-0.2, 0) is 4.79 Å². The predicted molar refractivity (Wildman–Crippen MR) is 43.2 cm³/mol. The normalized spacial score (nSPS) is 10.7. The molecule has 0 N–H and O–H groups in total. The molecular formula is C8H13NO. The van der Waals surface area contributed by atoms with E-state index in [1.807, 2.05) is 13.8 Å². The molecule has 0 saturated carbocycles. The zero-order chi connectivity index (χ0) is 7.98. The smallest absolute Gasteiger partial charge is 0.140 e. The maximum atomic E-state index is 10.9. The summed E-state index contributed by atoms with van der Waals surface area (Å²) in [7, 11) is 0. The van der Waals surface area contributed by atoms with Gasteiger partial charge in [-0.05, 0) is 0 Å². The molecule has 0 unspecified atom stereocenters. The average Bonchev–Trinajstić information content (AvgIpc) is 1.88. The lowest BCUT2D eigenvalue weighted by molar-refractivity contribution is -0.120. The highest BCUT2D eigenvalue weighted by Gasteiger charge is 2.03. The standard InChI is InChI=1S/C8H13NO/c1-4-9-6-5-8(10)7(2)3/h4,6-7H,1,5H2,2-3H3. The molecule has 0 rings (SSSR count). The van der Waals surface area contributed by atoms with Crippen LogP contribution < -0.4 is 0 Å². The molecule has 0 fully saturated rings.